The molecule has 0 amide bonds. The van der Waals surface area contributed by atoms with Crippen LogP contribution in [0.15, 0.2) is 12.2 Å². The van der Waals surface area contributed by atoms with E-state index in [0.29, 0.717) is 17.4 Å². The lowest BCUT2D eigenvalue weighted by molar-refractivity contribution is -0.0286. The highest BCUT2D eigenvalue weighted by molar-refractivity contribution is 5.24. The van der Waals surface area contributed by atoms with E-state index < -0.39 is 0 Å². The highest BCUT2D eigenvalue weighted by atomic mass is 16.6. The minimum absolute atomic E-state index is 0.243. The maximum Gasteiger partial charge on any atom is 0.101 e. The van der Waals surface area contributed by atoms with Crippen LogP contribution in [0.5, 0.6) is 0 Å². The zero-order valence-corrected chi connectivity index (χ0v) is 10.9. The van der Waals surface area contributed by atoms with E-state index in [9.17, 15) is 0 Å². The van der Waals surface area contributed by atoms with Gasteiger partial charge in [0.15, 0.2) is 0 Å². The van der Waals surface area contributed by atoms with Gasteiger partial charge >= 0.3 is 0 Å². The third-order valence-electron chi connectivity index (χ3n) is 5.97. The van der Waals surface area contributed by atoms with E-state index in [1.807, 2.05) is 0 Å². The molecule has 90 valence electrons. The molecule has 1 spiro atoms. The summed E-state index contributed by atoms with van der Waals surface area (Å²) in [6, 6.07) is 0. The molecule has 0 aromatic heterocycles. The van der Waals surface area contributed by atoms with Crippen LogP contribution in [0.1, 0.15) is 52.9 Å². The molecule has 1 heteroatoms. The van der Waals surface area contributed by atoms with Crippen molar-refractivity contribution in [1.82, 2.24) is 0 Å². The van der Waals surface area contributed by atoms with Crippen molar-refractivity contribution >= 4 is 0 Å². The molecular weight excluding hydrogens is 196 g/mol. The van der Waals surface area contributed by atoms with Crippen molar-refractivity contribution in [2.45, 2.75) is 64.6 Å². The molecule has 0 unspecified atom stereocenters. The highest BCUT2D eigenvalue weighted by Crippen LogP contribution is 2.69. The van der Waals surface area contributed by atoms with Crippen LogP contribution in [0.2, 0.25) is 0 Å². The van der Waals surface area contributed by atoms with Crippen molar-refractivity contribution in [3.05, 3.63) is 12.2 Å². The molecule has 1 aliphatic heterocycles. The van der Waals surface area contributed by atoms with Gasteiger partial charge in [-0.05, 0) is 50.9 Å². The minimum atomic E-state index is 0.243. The topological polar surface area (TPSA) is 12.5 Å². The van der Waals surface area contributed by atoms with Gasteiger partial charge < -0.3 is 4.74 Å². The van der Waals surface area contributed by atoms with Gasteiger partial charge in [0.2, 0.25) is 0 Å². The first-order valence-electron chi connectivity index (χ1n) is 6.85. The van der Waals surface area contributed by atoms with Gasteiger partial charge in [0.25, 0.3) is 0 Å². The second-order valence-electron chi connectivity index (χ2n) is 6.55. The summed E-state index contributed by atoms with van der Waals surface area (Å²) < 4.78 is 6.18. The van der Waals surface area contributed by atoms with Crippen molar-refractivity contribution in [3.63, 3.8) is 0 Å². The molecule has 2 saturated carbocycles. The molecule has 0 aromatic rings. The summed E-state index contributed by atoms with van der Waals surface area (Å²) in [7, 11) is 0. The molecule has 16 heavy (non-hydrogen) atoms. The molecule has 1 saturated heterocycles. The first kappa shape index (κ1) is 10.8. The Morgan fingerprint density at radius 3 is 2.75 bits per heavy atom. The molecule has 0 N–H and O–H groups in total. The first-order chi connectivity index (χ1) is 7.52. The highest BCUT2D eigenvalue weighted by Gasteiger charge is 2.72. The molecule has 1 heterocycles. The smallest absolute Gasteiger partial charge is 0.101 e. The number of hydrogen-bond acceptors (Lipinski definition) is 1. The molecule has 1 nitrogen and oxygen atoms in total. The van der Waals surface area contributed by atoms with Gasteiger partial charge in [0, 0.05) is 5.41 Å². The summed E-state index contributed by atoms with van der Waals surface area (Å²) in [5.41, 5.74) is 1.98. The molecule has 0 bridgehead atoms. The van der Waals surface area contributed by atoms with Crippen LogP contribution in [-0.4, -0.2) is 11.7 Å². The van der Waals surface area contributed by atoms with Crippen molar-refractivity contribution in [1.29, 1.82) is 0 Å². The van der Waals surface area contributed by atoms with Crippen molar-refractivity contribution < 1.29 is 4.74 Å². The monoisotopic (exact) mass is 220 g/mol. The van der Waals surface area contributed by atoms with Crippen LogP contribution in [0.25, 0.3) is 0 Å². The van der Waals surface area contributed by atoms with E-state index in [0.717, 1.165) is 5.92 Å². The third-order valence-corrected chi connectivity index (χ3v) is 5.97. The van der Waals surface area contributed by atoms with E-state index in [1.165, 1.54) is 37.7 Å². The van der Waals surface area contributed by atoms with Crippen LogP contribution in [0, 0.1) is 17.3 Å². The van der Waals surface area contributed by atoms with Crippen LogP contribution >= 0.6 is 0 Å². The Morgan fingerprint density at radius 2 is 2.06 bits per heavy atom. The van der Waals surface area contributed by atoms with E-state index in [4.69, 9.17) is 4.74 Å². The maximum absolute atomic E-state index is 6.18. The molecular formula is C15H24O. The van der Waals surface area contributed by atoms with Crippen molar-refractivity contribution in [2.75, 3.05) is 0 Å². The van der Waals surface area contributed by atoms with Gasteiger partial charge in [-0.3, -0.25) is 0 Å². The Bertz CT molecular complexity index is 334. The molecule has 0 radical (unpaired) electrons. The number of allylic oxidation sites excluding steroid dienone is 1. The molecule has 3 aliphatic rings. The lowest BCUT2D eigenvalue weighted by Crippen LogP contribution is -2.53. The molecule has 3 fully saturated rings. The summed E-state index contributed by atoms with van der Waals surface area (Å²) in [6.07, 6.45) is 7.16. The predicted octanol–water partition coefficient (Wildman–Crippen LogP) is 3.94. The van der Waals surface area contributed by atoms with Gasteiger partial charge in [-0.25, -0.2) is 0 Å². The van der Waals surface area contributed by atoms with Gasteiger partial charge in [-0.1, -0.05) is 26.0 Å². The zero-order valence-electron chi connectivity index (χ0n) is 10.9. The number of rotatable bonds is 1. The summed E-state index contributed by atoms with van der Waals surface area (Å²) >= 11 is 0. The van der Waals surface area contributed by atoms with Gasteiger partial charge in [-0.15, -0.1) is 0 Å². The SMILES string of the molecule is C=C(C)[C@@H]1CCC[C@@]23O[C@@H]2CC[C@@H](C)[C@]13C. The van der Waals surface area contributed by atoms with Crippen LogP contribution in [-0.2, 0) is 4.74 Å². The molecule has 5 atom stereocenters. The normalized spacial score (nSPS) is 55.1. The second-order valence-corrected chi connectivity index (χ2v) is 6.55. The molecule has 3 rings (SSSR count). The average molecular weight is 220 g/mol. The van der Waals surface area contributed by atoms with E-state index in [-0.39, 0.29) is 5.60 Å². The number of hydrogen-bond donors (Lipinski definition) is 0. The largest absolute Gasteiger partial charge is 0.365 e. The Kier molecular flexibility index (Phi) is 2.12. The fraction of sp³-hybridized carbons (Fsp3) is 0.867. The quantitative estimate of drug-likeness (QED) is 0.482. The summed E-state index contributed by atoms with van der Waals surface area (Å²) in [4.78, 5) is 0. The predicted molar refractivity (Wildman–Crippen MR) is 66.3 cm³/mol. The summed E-state index contributed by atoms with van der Waals surface area (Å²) in [5, 5.41) is 0. The van der Waals surface area contributed by atoms with Crippen molar-refractivity contribution in [3.8, 4) is 0 Å². The van der Waals surface area contributed by atoms with Gasteiger partial charge in [0.05, 0.1) is 6.10 Å². The first-order valence-corrected chi connectivity index (χ1v) is 6.85. The number of epoxide rings is 1. The number of ether oxygens (including phenoxy) is 1. The van der Waals surface area contributed by atoms with E-state index >= 15 is 0 Å². The third kappa shape index (κ3) is 1.06. The summed E-state index contributed by atoms with van der Waals surface area (Å²) in [6.45, 7) is 11.4. The standard InChI is InChI=1S/C15H24O/c1-10(2)12-6-5-9-15-13(16-15)8-7-11(3)14(12,15)4/h11-13H,1,5-9H2,2-4H3/t11-,12+,13-,14-,15-/m1/s1. The molecule has 0 aromatic carbocycles. The Morgan fingerprint density at radius 1 is 1.31 bits per heavy atom. The van der Waals surface area contributed by atoms with Gasteiger partial charge in [0.1, 0.15) is 5.60 Å². The van der Waals surface area contributed by atoms with Gasteiger partial charge in [-0.2, -0.15) is 0 Å². The summed E-state index contributed by atoms with van der Waals surface area (Å²) in [5.74, 6) is 1.47. The second kappa shape index (κ2) is 3.13. The average Bonchev–Trinajstić information content (AvgIpc) is 2.94. The van der Waals surface area contributed by atoms with Crippen LogP contribution in [0.4, 0.5) is 0 Å². The van der Waals surface area contributed by atoms with Crippen LogP contribution in [0.3, 0.4) is 0 Å². The van der Waals surface area contributed by atoms with Crippen molar-refractivity contribution in [2.24, 2.45) is 17.3 Å². The minimum Gasteiger partial charge on any atom is -0.365 e. The Labute approximate surface area is 99.3 Å². The van der Waals surface area contributed by atoms with E-state index in [1.54, 1.807) is 0 Å². The maximum atomic E-state index is 6.18. The zero-order chi connectivity index (χ0) is 11.6. The fourth-order valence-corrected chi connectivity index (χ4v) is 4.86. The Balaban J connectivity index is 2.02. The lowest BCUT2D eigenvalue weighted by Gasteiger charge is -2.53. The molecule has 2 aliphatic carbocycles. The van der Waals surface area contributed by atoms with E-state index in [2.05, 4.69) is 27.4 Å². The lowest BCUT2D eigenvalue weighted by atomic mass is 9.50. The Hall–Kier alpha value is -0.300. The fourth-order valence-electron chi connectivity index (χ4n) is 4.86. The van der Waals surface area contributed by atoms with Crippen LogP contribution < -0.4 is 0 Å².